The van der Waals surface area contributed by atoms with Crippen molar-refractivity contribution in [1.82, 2.24) is 9.13 Å². The van der Waals surface area contributed by atoms with E-state index in [1.165, 1.54) is 11.6 Å². The largest absolute Gasteiger partial charge is 0.373 e. The Bertz CT molecular complexity index is 561. The first-order valence-electron chi connectivity index (χ1n) is 7.14. The number of hydrogen-bond donors (Lipinski definition) is 0. The number of imidazole rings is 2. The molecule has 0 spiro atoms. The standard InChI is InChI=1S/C15H26N4/c1-7-17-9-11-19(13(4)5)15(17)14-16(6)8-10-18(14)12(2)3/h8-13H,7H2,1-6H3/q+2. The predicted octanol–water partition coefficient (Wildman–Crippen LogP) is 2.25. The first-order valence-corrected chi connectivity index (χ1v) is 7.14. The van der Waals surface area contributed by atoms with Crippen LogP contribution in [0, 0.1) is 0 Å². The summed E-state index contributed by atoms with van der Waals surface area (Å²) in [6.45, 7) is 12.1. The highest BCUT2D eigenvalue weighted by Crippen LogP contribution is 2.20. The molecule has 0 radical (unpaired) electrons. The average molecular weight is 262 g/mol. The average Bonchev–Trinajstić information content (AvgIpc) is 2.91. The van der Waals surface area contributed by atoms with Crippen molar-refractivity contribution in [2.75, 3.05) is 0 Å². The SMILES string of the molecule is CC[n+]1ccn(C(C)C)c1-c1n(C(C)C)cc[n+]1C. The van der Waals surface area contributed by atoms with Gasteiger partial charge in [0.1, 0.15) is 24.8 Å². The molecular formula is C15H26N4+2. The smallest absolute Gasteiger partial charge is 0.226 e. The van der Waals surface area contributed by atoms with Gasteiger partial charge in [-0.1, -0.05) is 0 Å². The minimum Gasteiger partial charge on any atom is -0.226 e. The minimum atomic E-state index is 0.456. The Morgan fingerprint density at radius 2 is 1.47 bits per heavy atom. The maximum Gasteiger partial charge on any atom is 0.373 e. The van der Waals surface area contributed by atoms with Crippen LogP contribution in [0.4, 0.5) is 0 Å². The van der Waals surface area contributed by atoms with Gasteiger partial charge in [-0.25, -0.2) is 18.3 Å². The van der Waals surface area contributed by atoms with Gasteiger partial charge in [0.2, 0.25) is 0 Å². The van der Waals surface area contributed by atoms with Crippen molar-refractivity contribution in [2.45, 2.75) is 53.2 Å². The van der Waals surface area contributed by atoms with E-state index in [4.69, 9.17) is 0 Å². The van der Waals surface area contributed by atoms with Crippen LogP contribution < -0.4 is 9.13 Å². The third-order valence-electron chi connectivity index (χ3n) is 3.61. The molecule has 2 heterocycles. The van der Waals surface area contributed by atoms with Gasteiger partial charge in [-0.05, 0) is 34.6 Å². The number of nitrogens with zero attached hydrogens (tertiary/aromatic N) is 4. The van der Waals surface area contributed by atoms with Crippen molar-refractivity contribution >= 4 is 0 Å². The lowest BCUT2D eigenvalue weighted by atomic mass is 10.3. The fourth-order valence-electron chi connectivity index (χ4n) is 2.54. The van der Waals surface area contributed by atoms with E-state index in [1.807, 2.05) is 0 Å². The number of aryl methyl sites for hydroxylation is 2. The van der Waals surface area contributed by atoms with Crippen LogP contribution in [-0.4, -0.2) is 9.13 Å². The third-order valence-corrected chi connectivity index (χ3v) is 3.61. The quantitative estimate of drug-likeness (QED) is 0.752. The van der Waals surface area contributed by atoms with Crippen LogP contribution >= 0.6 is 0 Å². The summed E-state index contributed by atoms with van der Waals surface area (Å²) >= 11 is 0. The summed E-state index contributed by atoms with van der Waals surface area (Å²) in [4.78, 5) is 0. The summed E-state index contributed by atoms with van der Waals surface area (Å²) in [5.41, 5.74) is 0. The highest BCUT2D eigenvalue weighted by molar-refractivity contribution is 5.37. The maximum absolute atomic E-state index is 2.34. The van der Waals surface area contributed by atoms with Gasteiger partial charge in [0.05, 0.1) is 25.7 Å². The molecule has 0 aromatic carbocycles. The molecule has 0 amide bonds. The molecule has 0 aliphatic rings. The topological polar surface area (TPSA) is 17.6 Å². The Balaban J connectivity index is 2.70. The molecule has 0 saturated carbocycles. The molecule has 0 unspecified atom stereocenters. The molecule has 19 heavy (non-hydrogen) atoms. The van der Waals surface area contributed by atoms with Gasteiger partial charge < -0.3 is 0 Å². The van der Waals surface area contributed by atoms with E-state index >= 15 is 0 Å². The van der Waals surface area contributed by atoms with E-state index in [0.29, 0.717) is 12.1 Å². The molecule has 0 saturated heterocycles. The van der Waals surface area contributed by atoms with Crippen LogP contribution in [0.25, 0.3) is 11.6 Å². The summed E-state index contributed by atoms with van der Waals surface area (Å²) in [6.07, 6.45) is 8.65. The second-order valence-corrected chi connectivity index (χ2v) is 5.64. The molecule has 104 valence electrons. The van der Waals surface area contributed by atoms with Gasteiger partial charge in [-0.15, -0.1) is 0 Å². The van der Waals surface area contributed by atoms with Crippen molar-refractivity contribution in [1.29, 1.82) is 0 Å². The lowest BCUT2D eigenvalue weighted by Crippen LogP contribution is -2.40. The maximum atomic E-state index is 2.34. The molecule has 0 N–H and O–H groups in total. The van der Waals surface area contributed by atoms with E-state index in [-0.39, 0.29) is 0 Å². The summed E-state index contributed by atoms with van der Waals surface area (Å²) in [5.74, 6) is 2.54. The summed E-state index contributed by atoms with van der Waals surface area (Å²) in [7, 11) is 2.12. The molecule has 0 aliphatic carbocycles. The zero-order chi connectivity index (χ0) is 14.2. The van der Waals surface area contributed by atoms with Crippen molar-refractivity contribution in [3.8, 4) is 11.6 Å². The molecule has 4 heteroatoms. The van der Waals surface area contributed by atoms with Crippen molar-refractivity contribution < 1.29 is 9.13 Å². The summed E-state index contributed by atoms with van der Waals surface area (Å²) in [5, 5.41) is 0. The Kier molecular flexibility index (Phi) is 3.78. The summed E-state index contributed by atoms with van der Waals surface area (Å²) < 4.78 is 9.20. The van der Waals surface area contributed by atoms with Crippen LogP contribution in [-0.2, 0) is 13.6 Å². The Morgan fingerprint density at radius 3 is 2.00 bits per heavy atom. The number of aromatic nitrogens is 4. The molecule has 0 bridgehead atoms. The van der Waals surface area contributed by atoms with Gasteiger partial charge in [0.15, 0.2) is 0 Å². The molecule has 0 aliphatic heterocycles. The number of hydrogen-bond acceptors (Lipinski definition) is 0. The summed E-state index contributed by atoms with van der Waals surface area (Å²) in [6, 6.07) is 0.912. The highest BCUT2D eigenvalue weighted by atomic mass is 15.2. The van der Waals surface area contributed by atoms with Crippen LogP contribution in [0.2, 0.25) is 0 Å². The first kappa shape index (κ1) is 13.8. The molecule has 2 aromatic heterocycles. The van der Waals surface area contributed by atoms with E-state index in [2.05, 4.69) is 84.7 Å². The molecule has 4 nitrogen and oxygen atoms in total. The monoisotopic (exact) mass is 262 g/mol. The number of rotatable bonds is 4. The van der Waals surface area contributed by atoms with Crippen molar-refractivity contribution in [3.05, 3.63) is 24.8 Å². The fourth-order valence-corrected chi connectivity index (χ4v) is 2.54. The van der Waals surface area contributed by atoms with E-state index < -0.39 is 0 Å². The second-order valence-electron chi connectivity index (χ2n) is 5.64. The van der Waals surface area contributed by atoms with Gasteiger partial charge >= 0.3 is 11.6 Å². The molecule has 2 rings (SSSR count). The Labute approximate surface area is 115 Å². The van der Waals surface area contributed by atoms with Crippen LogP contribution in [0.15, 0.2) is 24.8 Å². The lowest BCUT2D eigenvalue weighted by Gasteiger charge is -2.08. The molecular weight excluding hydrogens is 236 g/mol. The first-order chi connectivity index (χ1) is 8.97. The highest BCUT2D eigenvalue weighted by Gasteiger charge is 2.32. The van der Waals surface area contributed by atoms with Crippen LogP contribution in [0.5, 0.6) is 0 Å². The van der Waals surface area contributed by atoms with Crippen LogP contribution in [0.3, 0.4) is 0 Å². The molecule has 0 atom stereocenters. The third kappa shape index (κ3) is 2.31. The second kappa shape index (κ2) is 5.19. The lowest BCUT2D eigenvalue weighted by molar-refractivity contribution is -0.703. The molecule has 0 fully saturated rings. The fraction of sp³-hybridized carbons (Fsp3) is 0.600. The van der Waals surface area contributed by atoms with Gasteiger partial charge in [-0.3, -0.25) is 0 Å². The zero-order valence-corrected chi connectivity index (χ0v) is 13.0. The van der Waals surface area contributed by atoms with Gasteiger partial charge in [0, 0.05) is 0 Å². The molecule has 2 aromatic rings. The Hall–Kier alpha value is -1.58. The van der Waals surface area contributed by atoms with E-state index in [0.717, 1.165) is 6.54 Å². The van der Waals surface area contributed by atoms with E-state index in [1.54, 1.807) is 0 Å². The normalized spacial score (nSPS) is 11.8. The van der Waals surface area contributed by atoms with E-state index in [9.17, 15) is 0 Å². The predicted molar refractivity (Wildman–Crippen MR) is 75.7 cm³/mol. The zero-order valence-electron chi connectivity index (χ0n) is 13.0. The van der Waals surface area contributed by atoms with Crippen molar-refractivity contribution in [3.63, 3.8) is 0 Å². The van der Waals surface area contributed by atoms with Gasteiger partial charge in [-0.2, -0.15) is 0 Å². The van der Waals surface area contributed by atoms with Gasteiger partial charge in [0.25, 0.3) is 0 Å². The van der Waals surface area contributed by atoms with Crippen molar-refractivity contribution in [2.24, 2.45) is 7.05 Å². The van der Waals surface area contributed by atoms with Crippen LogP contribution in [0.1, 0.15) is 46.7 Å². The Morgan fingerprint density at radius 1 is 0.947 bits per heavy atom. The minimum absolute atomic E-state index is 0.456.